The first-order valence-electron chi connectivity index (χ1n) is 17.5. The van der Waals surface area contributed by atoms with E-state index in [0.717, 1.165) is 59.3 Å². The molecule has 2 N–H and O–H groups in total. The third-order valence-corrected chi connectivity index (χ3v) is 9.81. The second-order valence-electron chi connectivity index (χ2n) is 13.0. The van der Waals surface area contributed by atoms with Gasteiger partial charge in [-0.15, -0.1) is 0 Å². The van der Waals surface area contributed by atoms with Crippen molar-refractivity contribution in [3.8, 4) is 22.5 Å². The van der Waals surface area contributed by atoms with Crippen LogP contribution in [0.2, 0.25) is 0 Å². The van der Waals surface area contributed by atoms with Crippen LogP contribution in [0.3, 0.4) is 0 Å². The number of allylic oxidation sites excluding steroid dienone is 5. The van der Waals surface area contributed by atoms with Gasteiger partial charge in [0.25, 0.3) is 0 Å². The molecule has 0 radical (unpaired) electrons. The van der Waals surface area contributed by atoms with E-state index in [1.807, 2.05) is 30.3 Å². The van der Waals surface area contributed by atoms with Gasteiger partial charge < -0.3 is 5.73 Å². The van der Waals surface area contributed by atoms with Crippen LogP contribution in [-0.4, -0.2) is 10.8 Å². The molecule has 6 aromatic rings. The molecule has 1 unspecified atom stereocenters. The normalized spacial score (nSPS) is 15.0. The van der Waals surface area contributed by atoms with Gasteiger partial charge in [-0.2, -0.15) is 0 Å². The monoisotopic (exact) mass is 645 g/mol. The van der Waals surface area contributed by atoms with E-state index >= 15 is 0 Å². The molecular formula is C47H39N3. The Morgan fingerprint density at radius 2 is 1.22 bits per heavy atom. The standard InChI is InChI=1S/C47H39N3/c48-47(39-22-11-4-12-23-39)50-46(38-20-9-3-10-21-38)45-41-24-14-13-17-34(41)29-30-42(45)35-25-27-37(28-26-35)44-32-40(33-15-5-1-6-16-33)31-43(49-44)36-18-7-2-8-19-36/h1-5,7-15,17-28,31-32,46H,6,16,29-30H2,(H2,48,50). The van der Waals surface area contributed by atoms with E-state index in [1.165, 1.54) is 39.0 Å². The summed E-state index contributed by atoms with van der Waals surface area (Å²) >= 11 is 0. The number of pyridine rings is 1. The van der Waals surface area contributed by atoms with Gasteiger partial charge in [-0.1, -0.05) is 158 Å². The SMILES string of the molecule is N/C(=N\C(C1=C(c2ccc(-c3cc(C4=CC=CCC4)cc(-c4ccccc4)n3)cc2)CCc2ccccc21)c1ccccc1)c1ccccc1. The number of benzene rings is 5. The predicted octanol–water partition coefficient (Wildman–Crippen LogP) is 11.2. The predicted molar refractivity (Wildman–Crippen MR) is 209 cm³/mol. The molecule has 1 aromatic heterocycles. The van der Waals surface area contributed by atoms with Crippen LogP contribution >= 0.6 is 0 Å². The van der Waals surface area contributed by atoms with Crippen LogP contribution in [0.1, 0.15) is 58.7 Å². The smallest absolute Gasteiger partial charge is 0.126 e. The van der Waals surface area contributed by atoms with Crippen LogP contribution in [0.15, 0.2) is 175 Å². The zero-order chi connectivity index (χ0) is 33.7. The molecule has 0 aliphatic heterocycles. The van der Waals surface area contributed by atoms with Gasteiger partial charge in [0.05, 0.1) is 11.4 Å². The number of hydrogen-bond acceptors (Lipinski definition) is 2. The van der Waals surface area contributed by atoms with E-state index in [2.05, 4.69) is 140 Å². The molecule has 0 saturated carbocycles. The first-order chi connectivity index (χ1) is 24.7. The molecule has 0 amide bonds. The van der Waals surface area contributed by atoms with Crippen molar-refractivity contribution < 1.29 is 0 Å². The van der Waals surface area contributed by atoms with Crippen molar-refractivity contribution in [2.45, 2.75) is 31.7 Å². The Kier molecular flexibility index (Phi) is 8.87. The number of amidine groups is 1. The summed E-state index contributed by atoms with van der Waals surface area (Å²) in [6.45, 7) is 0. The second kappa shape index (κ2) is 14.2. The molecule has 0 saturated heterocycles. The molecule has 8 rings (SSSR count). The highest BCUT2D eigenvalue weighted by Crippen LogP contribution is 2.45. The summed E-state index contributed by atoms with van der Waals surface area (Å²) in [4.78, 5) is 10.5. The average molecular weight is 646 g/mol. The maximum atomic E-state index is 6.76. The first kappa shape index (κ1) is 31.2. The van der Waals surface area contributed by atoms with E-state index in [4.69, 9.17) is 15.7 Å². The minimum absolute atomic E-state index is 0.267. The van der Waals surface area contributed by atoms with Crippen molar-refractivity contribution in [1.29, 1.82) is 0 Å². The topological polar surface area (TPSA) is 51.3 Å². The molecule has 0 spiro atoms. The number of nitrogens with zero attached hydrogens (tertiary/aromatic N) is 2. The van der Waals surface area contributed by atoms with Crippen molar-refractivity contribution in [1.82, 2.24) is 4.98 Å². The largest absolute Gasteiger partial charge is 0.383 e. The first-order valence-corrected chi connectivity index (χ1v) is 17.5. The van der Waals surface area contributed by atoms with E-state index < -0.39 is 0 Å². The molecule has 242 valence electrons. The van der Waals surface area contributed by atoms with Gasteiger partial charge in [0.2, 0.25) is 0 Å². The highest BCUT2D eigenvalue weighted by molar-refractivity contribution is 6.01. The molecule has 1 heterocycles. The molecule has 2 aliphatic carbocycles. The van der Waals surface area contributed by atoms with Gasteiger partial charge in [0.15, 0.2) is 0 Å². The van der Waals surface area contributed by atoms with Gasteiger partial charge in [0.1, 0.15) is 11.9 Å². The van der Waals surface area contributed by atoms with Crippen molar-refractivity contribution in [2.24, 2.45) is 10.7 Å². The van der Waals surface area contributed by atoms with Crippen LogP contribution in [0.4, 0.5) is 0 Å². The summed E-state index contributed by atoms with van der Waals surface area (Å²) in [5, 5.41) is 0. The zero-order valence-electron chi connectivity index (χ0n) is 28.0. The molecule has 3 heteroatoms. The van der Waals surface area contributed by atoms with Crippen molar-refractivity contribution >= 4 is 22.6 Å². The minimum Gasteiger partial charge on any atom is -0.383 e. The summed E-state index contributed by atoms with van der Waals surface area (Å²) in [6, 6.07) is 53.1. The summed E-state index contributed by atoms with van der Waals surface area (Å²) in [7, 11) is 0. The third kappa shape index (κ3) is 6.51. The number of nitrogens with two attached hydrogens (primary N) is 1. The van der Waals surface area contributed by atoms with Crippen LogP contribution in [0.25, 0.3) is 39.2 Å². The number of aliphatic imine (C=N–C) groups is 1. The lowest BCUT2D eigenvalue weighted by Crippen LogP contribution is -2.17. The Morgan fingerprint density at radius 3 is 1.92 bits per heavy atom. The molecule has 1 atom stereocenters. The average Bonchev–Trinajstić information content (AvgIpc) is 3.21. The number of fused-ring (bicyclic) bond motifs is 1. The molecule has 2 aliphatic rings. The van der Waals surface area contributed by atoms with E-state index in [0.29, 0.717) is 5.84 Å². The van der Waals surface area contributed by atoms with Crippen LogP contribution in [-0.2, 0) is 6.42 Å². The van der Waals surface area contributed by atoms with Crippen molar-refractivity contribution in [3.05, 3.63) is 203 Å². The Bertz CT molecular complexity index is 2240. The fourth-order valence-electron chi connectivity index (χ4n) is 7.24. The van der Waals surface area contributed by atoms with Crippen LogP contribution in [0.5, 0.6) is 0 Å². The number of aromatic nitrogens is 1. The Hall–Kier alpha value is -6.06. The minimum atomic E-state index is -0.267. The van der Waals surface area contributed by atoms with Crippen LogP contribution in [0, 0.1) is 0 Å². The number of aryl methyl sites for hydroxylation is 1. The van der Waals surface area contributed by atoms with Crippen molar-refractivity contribution in [2.75, 3.05) is 0 Å². The second-order valence-corrected chi connectivity index (χ2v) is 13.0. The van der Waals surface area contributed by atoms with Crippen LogP contribution < -0.4 is 5.73 Å². The highest BCUT2D eigenvalue weighted by Gasteiger charge is 2.28. The maximum Gasteiger partial charge on any atom is 0.126 e. The summed E-state index contributed by atoms with van der Waals surface area (Å²) in [5.41, 5.74) is 21.9. The Balaban J connectivity index is 1.25. The van der Waals surface area contributed by atoms with E-state index in [9.17, 15) is 0 Å². The molecule has 5 aromatic carbocycles. The fourth-order valence-corrected chi connectivity index (χ4v) is 7.24. The quantitative estimate of drug-likeness (QED) is 0.132. The number of hydrogen-bond donors (Lipinski definition) is 1. The fraction of sp³-hybridized carbons (Fsp3) is 0.106. The van der Waals surface area contributed by atoms with Gasteiger partial charge in [-0.3, -0.25) is 4.99 Å². The lowest BCUT2D eigenvalue weighted by atomic mass is 9.78. The highest BCUT2D eigenvalue weighted by atomic mass is 14.9. The summed E-state index contributed by atoms with van der Waals surface area (Å²) < 4.78 is 0. The lowest BCUT2D eigenvalue weighted by molar-refractivity contribution is 0.896. The van der Waals surface area contributed by atoms with E-state index in [-0.39, 0.29) is 6.04 Å². The Morgan fingerprint density at radius 1 is 0.600 bits per heavy atom. The van der Waals surface area contributed by atoms with Crippen molar-refractivity contribution in [3.63, 3.8) is 0 Å². The van der Waals surface area contributed by atoms with E-state index in [1.54, 1.807) is 0 Å². The molecular weight excluding hydrogens is 607 g/mol. The number of rotatable bonds is 8. The molecule has 50 heavy (non-hydrogen) atoms. The Labute approximate surface area is 294 Å². The lowest BCUT2D eigenvalue weighted by Gasteiger charge is -2.29. The third-order valence-electron chi connectivity index (χ3n) is 9.81. The van der Waals surface area contributed by atoms with Gasteiger partial charge in [-0.25, -0.2) is 4.98 Å². The summed E-state index contributed by atoms with van der Waals surface area (Å²) in [6.07, 6.45) is 10.6. The maximum absolute atomic E-state index is 6.76. The zero-order valence-corrected chi connectivity index (χ0v) is 28.0. The van der Waals surface area contributed by atoms with Gasteiger partial charge >= 0.3 is 0 Å². The molecule has 0 fully saturated rings. The van der Waals surface area contributed by atoms with Gasteiger partial charge in [-0.05, 0) is 82.4 Å². The van der Waals surface area contributed by atoms with Gasteiger partial charge in [0, 0.05) is 16.7 Å². The molecule has 3 nitrogen and oxygen atoms in total. The summed E-state index contributed by atoms with van der Waals surface area (Å²) in [5.74, 6) is 0.536. The molecule has 0 bridgehead atoms.